The third-order valence-electron chi connectivity index (χ3n) is 5.50. The molecule has 0 aromatic heterocycles. The average Bonchev–Trinajstić information content (AvgIpc) is 3.32. The lowest BCUT2D eigenvalue weighted by atomic mass is 10.1. The van der Waals surface area contributed by atoms with Crippen molar-refractivity contribution in [2.45, 2.75) is 82.5 Å². The first-order valence-electron chi connectivity index (χ1n) is 10.0. The molecule has 1 aliphatic heterocycles. The maximum Gasteiger partial charge on any atom is 0.0822 e. The molecule has 0 aromatic carbocycles. The summed E-state index contributed by atoms with van der Waals surface area (Å²) in [7, 11) is 0. The summed E-state index contributed by atoms with van der Waals surface area (Å²) in [6, 6.07) is 0.537. The minimum atomic E-state index is -0.237. The number of fused-ring (bicyclic) bond motifs is 1. The van der Waals surface area contributed by atoms with Crippen LogP contribution in [0.3, 0.4) is 0 Å². The predicted molar refractivity (Wildman–Crippen MR) is 93.4 cm³/mol. The Morgan fingerprint density at radius 1 is 1.04 bits per heavy atom. The Kier molecular flexibility index (Phi) is 9.57. The molecule has 0 bridgehead atoms. The van der Waals surface area contributed by atoms with E-state index >= 15 is 0 Å². The molecular weight excluding hydrogens is 306 g/mol. The first-order valence-corrected chi connectivity index (χ1v) is 10.0. The first kappa shape index (κ1) is 20.1. The Morgan fingerprint density at radius 2 is 1.88 bits per heavy atom. The Balaban J connectivity index is 1.66. The highest BCUT2D eigenvalue weighted by molar-refractivity contribution is 5.07. The van der Waals surface area contributed by atoms with Gasteiger partial charge in [-0.15, -0.1) is 0 Å². The lowest BCUT2D eigenvalue weighted by molar-refractivity contribution is 0.0652. The van der Waals surface area contributed by atoms with Gasteiger partial charge < -0.3 is 14.9 Å². The second kappa shape index (κ2) is 11.4. The summed E-state index contributed by atoms with van der Waals surface area (Å²) >= 11 is 0. The number of ether oxygens (including phenoxy) is 1. The van der Waals surface area contributed by atoms with Crippen molar-refractivity contribution in [3.63, 3.8) is 0 Å². The van der Waals surface area contributed by atoms with Crippen molar-refractivity contribution in [3.8, 4) is 0 Å². The fourth-order valence-electron chi connectivity index (χ4n) is 4.03. The van der Waals surface area contributed by atoms with Crippen molar-refractivity contribution >= 4 is 0 Å². The van der Waals surface area contributed by atoms with E-state index in [1.807, 2.05) is 0 Å². The van der Waals surface area contributed by atoms with Gasteiger partial charge >= 0.3 is 0 Å². The fraction of sp³-hybridized carbons (Fsp3) is 1.00. The lowest BCUT2D eigenvalue weighted by Crippen LogP contribution is -2.33. The van der Waals surface area contributed by atoms with Crippen molar-refractivity contribution in [1.82, 2.24) is 4.90 Å². The zero-order valence-electron chi connectivity index (χ0n) is 15.1. The molecule has 5 heteroatoms. The quantitative estimate of drug-likeness (QED) is 0.475. The van der Waals surface area contributed by atoms with E-state index < -0.39 is 0 Å². The molecule has 141 valence electrons. The van der Waals surface area contributed by atoms with Crippen LogP contribution in [0.4, 0.5) is 0 Å². The van der Waals surface area contributed by atoms with Crippen LogP contribution in [0.15, 0.2) is 0 Å². The van der Waals surface area contributed by atoms with Gasteiger partial charge in [-0.3, -0.25) is 4.90 Å². The maximum atomic E-state index is 10.4. The zero-order chi connectivity index (χ0) is 17.2. The highest BCUT2D eigenvalue weighted by Gasteiger charge is 2.55. The van der Waals surface area contributed by atoms with E-state index in [1.165, 1.54) is 12.8 Å². The Hall–Kier alpha value is -0.200. The third kappa shape index (κ3) is 6.60. The van der Waals surface area contributed by atoms with Gasteiger partial charge in [-0.05, 0) is 51.5 Å². The molecule has 0 amide bonds. The van der Waals surface area contributed by atoms with E-state index in [2.05, 4.69) is 4.90 Å². The number of aliphatic hydroxyl groups is 2. The number of rotatable bonds is 14. The molecule has 4 atom stereocenters. The van der Waals surface area contributed by atoms with Gasteiger partial charge in [-0.25, -0.2) is 5.11 Å². The topological polar surface area (TPSA) is 72.8 Å². The summed E-state index contributed by atoms with van der Waals surface area (Å²) in [5, 5.41) is 29.6. The van der Waals surface area contributed by atoms with Gasteiger partial charge in [0.15, 0.2) is 0 Å². The van der Waals surface area contributed by atoms with Crippen LogP contribution >= 0.6 is 0 Å². The van der Waals surface area contributed by atoms with Gasteiger partial charge in [0.25, 0.3) is 0 Å². The van der Waals surface area contributed by atoms with Crippen molar-refractivity contribution in [2.24, 2.45) is 5.92 Å². The smallest absolute Gasteiger partial charge is 0.0822 e. The minimum Gasteiger partial charge on any atom is -0.396 e. The first-order chi connectivity index (χ1) is 11.8. The van der Waals surface area contributed by atoms with Crippen molar-refractivity contribution < 1.29 is 20.1 Å². The average molecular weight is 343 g/mol. The number of nitrogens with zero attached hydrogens (tertiary/aromatic N) is 1. The van der Waals surface area contributed by atoms with Crippen LogP contribution in [0.1, 0.15) is 64.2 Å². The van der Waals surface area contributed by atoms with Crippen molar-refractivity contribution in [3.05, 3.63) is 0 Å². The van der Waals surface area contributed by atoms with E-state index in [0.29, 0.717) is 18.1 Å². The van der Waals surface area contributed by atoms with Crippen LogP contribution in [0.5, 0.6) is 0 Å². The molecule has 2 rings (SSSR count). The largest absolute Gasteiger partial charge is 0.396 e. The second-order valence-corrected chi connectivity index (χ2v) is 7.45. The Bertz CT molecular complexity index is 316. The third-order valence-corrected chi connectivity index (χ3v) is 5.50. The van der Waals surface area contributed by atoms with Crippen LogP contribution < -0.4 is 0 Å². The van der Waals surface area contributed by atoms with E-state index in [9.17, 15) is 10.2 Å². The van der Waals surface area contributed by atoms with Gasteiger partial charge in [0, 0.05) is 31.7 Å². The van der Waals surface area contributed by atoms with Crippen molar-refractivity contribution in [2.75, 3.05) is 32.9 Å². The summed E-state index contributed by atoms with van der Waals surface area (Å²) in [5.41, 5.74) is 0. The highest BCUT2D eigenvalue weighted by atomic mass is 16.5. The van der Waals surface area contributed by atoms with E-state index in [1.54, 1.807) is 0 Å². The van der Waals surface area contributed by atoms with Gasteiger partial charge in [0.05, 0.1) is 18.8 Å². The standard InChI is InChI=1S/C19H36NO4/c21-13-5-2-1-3-8-16(23)10-12-20(11-4-6-14-22)18-17-9-7-15-24-19(17)18/h16-19,22-23H,1-15H2. The van der Waals surface area contributed by atoms with Crippen LogP contribution in [-0.2, 0) is 9.84 Å². The molecule has 1 aliphatic carbocycles. The van der Waals surface area contributed by atoms with Crippen LogP contribution in [0.2, 0.25) is 0 Å². The maximum absolute atomic E-state index is 10.4. The summed E-state index contributed by atoms with van der Waals surface area (Å²) < 4.78 is 5.88. The zero-order valence-corrected chi connectivity index (χ0v) is 15.1. The predicted octanol–water partition coefficient (Wildman–Crippen LogP) is 2.37. The number of hydrogen-bond donors (Lipinski definition) is 2. The van der Waals surface area contributed by atoms with Gasteiger partial charge in [-0.1, -0.05) is 19.3 Å². The van der Waals surface area contributed by atoms with Crippen molar-refractivity contribution in [1.29, 1.82) is 0 Å². The molecule has 2 aliphatic rings. The molecule has 4 unspecified atom stereocenters. The Labute approximate surface area is 147 Å². The van der Waals surface area contributed by atoms with E-state index in [4.69, 9.17) is 9.84 Å². The molecule has 1 saturated carbocycles. The number of aliphatic hydroxyl groups excluding tert-OH is 2. The lowest BCUT2D eigenvalue weighted by Gasteiger charge is -2.24. The van der Waals surface area contributed by atoms with Crippen LogP contribution in [0.25, 0.3) is 0 Å². The second-order valence-electron chi connectivity index (χ2n) is 7.45. The molecule has 1 heterocycles. The molecule has 0 spiro atoms. The minimum absolute atomic E-state index is 0.0249. The Morgan fingerprint density at radius 3 is 2.58 bits per heavy atom. The summed E-state index contributed by atoms with van der Waals surface area (Å²) in [6.07, 6.45) is 9.97. The highest BCUT2D eigenvalue weighted by Crippen LogP contribution is 2.45. The molecule has 1 saturated heterocycles. The fourth-order valence-corrected chi connectivity index (χ4v) is 4.03. The summed E-state index contributed by atoms with van der Waals surface area (Å²) in [6.45, 7) is 3.10. The molecule has 1 radical (unpaired) electrons. The van der Waals surface area contributed by atoms with Gasteiger partial charge in [0.2, 0.25) is 0 Å². The van der Waals surface area contributed by atoms with E-state index in [0.717, 1.165) is 71.1 Å². The van der Waals surface area contributed by atoms with Gasteiger partial charge in [-0.2, -0.15) is 0 Å². The van der Waals surface area contributed by atoms with Crippen LogP contribution in [0, 0.1) is 5.92 Å². The molecule has 2 fully saturated rings. The number of hydrogen-bond acceptors (Lipinski definition) is 4. The summed E-state index contributed by atoms with van der Waals surface area (Å²) in [5.74, 6) is 0.692. The molecule has 24 heavy (non-hydrogen) atoms. The monoisotopic (exact) mass is 342 g/mol. The van der Waals surface area contributed by atoms with E-state index in [-0.39, 0.29) is 19.3 Å². The summed E-state index contributed by atoms with van der Waals surface area (Å²) in [4.78, 5) is 2.50. The number of unbranched alkanes of at least 4 members (excludes halogenated alkanes) is 4. The molecule has 2 N–H and O–H groups in total. The molecule has 0 aromatic rings. The SMILES string of the molecule is [O]CCCCCCC(O)CCN(CCCCO)C1C2CCCOC21. The normalized spacial score (nSPS) is 27.2. The van der Waals surface area contributed by atoms with Crippen LogP contribution in [-0.4, -0.2) is 66.3 Å². The molecule has 5 nitrogen and oxygen atoms in total. The molecular formula is C19H36NO4. The van der Waals surface area contributed by atoms with Gasteiger partial charge in [0.1, 0.15) is 0 Å².